The van der Waals surface area contributed by atoms with Crippen molar-refractivity contribution in [3.05, 3.63) is 36.2 Å². The Morgan fingerprint density at radius 1 is 1.65 bits per heavy atom. The number of hydrazine groups is 1. The SMILES string of the molecule is C=C/C=N\N(N)c1ccc(C)nc1C(=O)OC. The monoisotopic (exact) mass is 234 g/mol. The first kappa shape index (κ1) is 12.9. The Morgan fingerprint density at radius 3 is 2.94 bits per heavy atom. The van der Waals surface area contributed by atoms with Crippen LogP contribution in [0.4, 0.5) is 5.69 Å². The fourth-order valence-corrected chi connectivity index (χ4v) is 1.16. The van der Waals surface area contributed by atoms with Crippen LogP contribution in [0.2, 0.25) is 0 Å². The molecule has 6 heteroatoms. The number of aryl methyl sites for hydroxylation is 1. The van der Waals surface area contributed by atoms with Crippen molar-refractivity contribution in [3.8, 4) is 0 Å². The summed E-state index contributed by atoms with van der Waals surface area (Å²) in [6, 6.07) is 3.38. The lowest BCUT2D eigenvalue weighted by molar-refractivity contribution is 0.0594. The zero-order valence-electron chi connectivity index (χ0n) is 9.75. The average Bonchev–Trinajstić information content (AvgIpc) is 2.34. The Morgan fingerprint density at radius 2 is 2.35 bits per heavy atom. The standard InChI is InChI=1S/C11H14N4O2/c1-4-7-13-15(12)9-6-5-8(2)14-10(9)11(16)17-3/h4-7H,1,12H2,2-3H3/b13-7-. The first-order chi connectivity index (χ1) is 8.10. The van der Waals surface area contributed by atoms with E-state index >= 15 is 0 Å². The lowest BCUT2D eigenvalue weighted by Gasteiger charge is -2.14. The van der Waals surface area contributed by atoms with Crippen molar-refractivity contribution in [1.29, 1.82) is 0 Å². The number of ether oxygens (including phenoxy) is 1. The largest absolute Gasteiger partial charge is 0.464 e. The van der Waals surface area contributed by atoms with Gasteiger partial charge in [0.25, 0.3) is 0 Å². The van der Waals surface area contributed by atoms with Crippen LogP contribution in [-0.2, 0) is 4.74 Å². The molecule has 0 bridgehead atoms. The molecule has 0 aliphatic carbocycles. The van der Waals surface area contributed by atoms with Crippen LogP contribution < -0.4 is 11.0 Å². The molecule has 17 heavy (non-hydrogen) atoms. The Balaban J connectivity index is 3.18. The number of hydrogen-bond acceptors (Lipinski definition) is 6. The maximum atomic E-state index is 11.5. The van der Waals surface area contributed by atoms with E-state index in [0.29, 0.717) is 11.4 Å². The van der Waals surface area contributed by atoms with Crippen LogP contribution in [0.25, 0.3) is 0 Å². The van der Waals surface area contributed by atoms with Crippen molar-refractivity contribution in [2.24, 2.45) is 10.9 Å². The summed E-state index contributed by atoms with van der Waals surface area (Å²) in [5, 5.41) is 4.88. The average molecular weight is 234 g/mol. The third kappa shape index (κ3) is 3.12. The normalized spacial score (nSPS) is 10.3. The second-order valence-corrected chi connectivity index (χ2v) is 3.16. The molecule has 0 radical (unpaired) electrons. The summed E-state index contributed by atoms with van der Waals surface area (Å²) in [7, 11) is 1.28. The van der Waals surface area contributed by atoms with Crippen LogP contribution >= 0.6 is 0 Å². The van der Waals surface area contributed by atoms with Crippen molar-refractivity contribution in [2.45, 2.75) is 6.92 Å². The summed E-state index contributed by atoms with van der Waals surface area (Å²) < 4.78 is 4.63. The van der Waals surface area contributed by atoms with Gasteiger partial charge in [0.15, 0.2) is 5.69 Å². The number of carbonyl (C=O) groups excluding carboxylic acids is 1. The number of anilines is 1. The molecule has 0 saturated carbocycles. The molecule has 2 N–H and O–H groups in total. The summed E-state index contributed by atoms with van der Waals surface area (Å²) in [5.74, 6) is 5.10. The van der Waals surface area contributed by atoms with E-state index in [0.717, 1.165) is 5.12 Å². The lowest BCUT2D eigenvalue weighted by Crippen LogP contribution is -2.27. The van der Waals surface area contributed by atoms with Gasteiger partial charge in [0, 0.05) is 11.9 Å². The summed E-state index contributed by atoms with van der Waals surface area (Å²) in [6.07, 6.45) is 2.88. The highest BCUT2D eigenvalue weighted by molar-refractivity contribution is 5.93. The fourth-order valence-electron chi connectivity index (χ4n) is 1.16. The zero-order valence-corrected chi connectivity index (χ0v) is 9.75. The Kier molecular flexibility index (Phi) is 4.36. The predicted molar refractivity (Wildman–Crippen MR) is 65.7 cm³/mol. The second-order valence-electron chi connectivity index (χ2n) is 3.16. The minimum atomic E-state index is -0.562. The number of pyridine rings is 1. The molecule has 0 saturated heterocycles. The number of allylic oxidation sites excluding steroid dienone is 1. The minimum absolute atomic E-state index is 0.121. The van der Waals surface area contributed by atoms with Crippen molar-refractivity contribution >= 4 is 17.9 Å². The van der Waals surface area contributed by atoms with Gasteiger partial charge in [-0.15, -0.1) is 0 Å². The van der Waals surface area contributed by atoms with Crippen LogP contribution in [0.15, 0.2) is 29.9 Å². The zero-order chi connectivity index (χ0) is 12.8. The smallest absolute Gasteiger partial charge is 0.358 e. The molecule has 1 rings (SSSR count). The van der Waals surface area contributed by atoms with Crippen LogP contribution in [0, 0.1) is 6.92 Å². The van der Waals surface area contributed by atoms with Gasteiger partial charge in [-0.05, 0) is 25.1 Å². The predicted octanol–water partition coefficient (Wildman–Crippen LogP) is 1.03. The highest BCUT2D eigenvalue weighted by Crippen LogP contribution is 2.18. The number of aromatic nitrogens is 1. The molecular weight excluding hydrogens is 220 g/mol. The van der Waals surface area contributed by atoms with Crippen molar-refractivity contribution in [1.82, 2.24) is 4.98 Å². The van der Waals surface area contributed by atoms with Crippen molar-refractivity contribution < 1.29 is 9.53 Å². The van der Waals surface area contributed by atoms with Gasteiger partial charge in [-0.25, -0.2) is 15.6 Å². The molecule has 1 aromatic rings. The quantitative estimate of drug-likeness (QED) is 0.364. The summed E-state index contributed by atoms with van der Waals surface area (Å²) in [6.45, 7) is 5.24. The highest BCUT2D eigenvalue weighted by Gasteiger charge is 2.17. The molecule has 0 unspecified atom stereocenters. The molecule has 1 heterocycles. The number of hydrogen-bond donors (Lipinski definition) is 1. The molecule has 0 amide bonds. The van der Waals surface area contributed by atoms with Crippen LogP contribution in [0.5, 0.6) is 0 Å². The topological polar surface area (TPSA) is 80.8 Å². The Hall–Kier alpha value is -2.21. The number of nitrogens with zero attached hydrogens (tertiary/aromatic N) is 3. The number of hydrazone groups is 1. The van der Waals surface area contributed by atoms with Crippen LogP contribution in [-0.4, -0.2) is 24.3 Å². The van der Waals surface area contributed by atoms with E-state index in [1.165, 1.54) is 19.4 Å². The molecule has 0 aliphatic rings. The number of nitrogens with two attached hydrogens (primary N) is 1. The highest BCUT2D eigenvalue weighted by atomic mass is 16.5. The lowest BCUT2D eigenvalue weighted by atomic mass is 10.2. The van der Waals surface area contributed by atoms with Gasteiger partial charge in [-0.3, -0.25) is 0 Å². The molecule has 6 nitrogen and oxygen atoms in total. The molecule has 0 atom stereocenters. The fraction of sp³-hybridized carbons (Fsp3) is 0.182. The van der Waals surface area contributed by atoms with Gasteiger partial charge >= 0.3 is 5.97 Å². The summed E-state index contributed by atoms with van der Waals surface area (Å²) in [5.41, 5.74) is 1.17. The van der Waals surface area contributed by atoms with Crippen LogP contribution in [0.1, 0.15) is 16.2 Å². The van der Waals surface area contributed by atoms with Gasteiger partial charge in [0.05, 0.1) is 7.11 Å². The maximum Gasteiger partial charge on any atom is 0.358 e. The van der Waals surface area contributed by atoms with E-state index in [2.05, 4.69) is 21.4 Å². The van der Waals surface area contributed by atoms with Gasteiger partial charge in [-0.1, -0.05) is 6.58 Å². The molecule has 1 aromatic heterocycles. The maximum absolute atomic E-state index is 11.5. The number of rotatable bonds is 4. The number of methoxy groups -OCH3 is 1. The minimum Gasteiger partial charge on any atom is -0.464 e. The molecule has 0 aliphatic heterocycles. The van der Waals surface area contributed by atoms with Gasteiger partial charge < -0.3 is 4.74 Å². The van der Waals surface area contributed by atoms with E-state index < -0.39 is 5.97 Å². The molecule has 90 valence electrons. The van der Waals surface area contributed by atoms with Gasteiger partial charge in [-0.2, -0.15) is 10.2 Å². The van der Waals surface area contributed by atoms with E-state index in [1.807, 2.05) is 0 Å². The molecular formula is C11H14N4O2. The summed E-state index contributed by atoms with van der Waals surface area (Å²) in [4.78, 5) is 15.6. The second kappa shape index (κ2) is 5.76. The third-order valence-corrected chi connectivity index (χ3v) is 1.94. The Bertz CT molecular complexity index is 457. The summed E-state index contributed by atoms with van der Waals surface area (Å²) >= 11 is 0. The first-order valence-corrected chi connectivity index (χ1v) is 4.86. The third-order valence-electron chi connectivity index (χ3n) is 1.94. The van der Waals surface area contributed by atoms with E-state index in [1.54, 1.807) is 19.1 Å². The van der Waals surface area contributed by atoms with Gasteiger partial charge in [0.1, 0.15) is 5.69 Å². The first-order valence-electron chi connectivity index (χ1n) is 4.86. The van der Waals surface area contributed by atoms with Crippen molar-refractivity contribution in [2.75, 3.05) is 12.2 Å². The number of carbonyl (C=O) groups is 1. The molecule has 0 aromatic carbocycles. The molecule has 0 fully saturated rings. The van der Waals surface area contributed by atoms with Gasteiger partial charge in [0.2, 0.25) is 0 Å². The Labute approximate surface area is 99.4 Å². The van der Waals surface area contributed by atoms with E-state index in [-0.39, 0.29) is 5.69 Å². The van der Waals surface area contributed by atoms with E-state index in [4.69, 9.17) is 5.84 Å². The molecule has 0 spiro atoms. The van der Waals surface area contributed by atoms with Crippen LogP contribution in [0.3, 0.4) is 0 Å². The van der Waals surface area contributed by atoms with E-state index in [9.17, 15) is 4.79 Å². The number of esters is 1. The van der Waals surface area contributed by atoms with Crippen molar-refractivity contribution in [3.63, 3.8) is 0 Å².